The van der Waals surface area contributed by atoms with Crippen molar-refractivity contribution < 1.29 is 14.0 Å². The first-order valence-corrected chi connectivity index (χ1v) is 15.0. The van der Waals surface area contributed by atoms with Crippen molar-refractivity contribution in [1.82, 2.24) is 4.98 Å². The minimum Gasteiger partial charge on any atom is -0.372 e. The Morgan fingerprint density at radius 2 is 1.61 bits per heavy atom. The molecule has 4 aliphatic rings. The van der Waals surface area contributed by atoms with Gasteiger partial charge in [-0.15, -0.1) is 11.8 Å². The molecule has 7 atom stereocenters. The van der Waals surface area contributed by atoms with Crippen LogP contribution in [0.5, 0.6) is 0 Å². The molecule has 2 aliphatic carbocycles. The molecule has 3 aromatic rings. The predicted molar refractivity (Wildman–Crippen MR) is 147 cm³/mol. The van der Waals surface area contributed by atoms with Crippen LogP contribution in [0.1, 0.15) is 36.6 Å². The normalized spacial score (nSPS) is 30.9. The van der Waals surface area contributed by atoms with Crippen LogP contribution in [-0.4, -0.2) is 35.1 Å². The van der Waals surface area contributed by atoms with Crippen LogP contribution in [0.2, 0.25) is 0 Å². The lowest BCUT2D eigenvalue weighted by Crippen LogP contribution is -2.42. The van der Waals surface area contributed by atoms with E-state index in [1.54, 1.807) is 11.8 Å². The van der Waals surface area contributed by atoms with E-state index in [0.29, 0.717) is 5.69 Å². The molecule has 1 N–H and O–H groups in total. The molecular weight excluding hydrogens is 521 g/mol. The Morgan fingerprint density at radius 1 is 0.947 bits per heavy atom. The number of amides is 2. The van der Waals surface area contributed by atoms with E-state index in [-0.39, 0.29) is 57.4 Å². The van der Waals surface area contributed by atoms with Crippen LogP contribution in [0.15, 0.2) is 58.4 Å². The summed E-state index contributed by atoms with van der Waals surface area (Å²) < 4.78 is 13.6. The van der Waals surface area contributed by atoms with Gasteiger partial charge in [0.05, 0.1) is 22.5 Å². The lowest BCUT2D eigenvalue weighted by Gasteiger charge is -2.43. The van der Waals surface area contributed by atoms with Crippen LogP contribution in [0.3, 0.4) is 0 Å². The third-order valence-corrected chi connectivity index (χ3v) is 11.8. The maximum Gasteiger partial charge on any atom is 0.305 e. The van der Waals surface area contributed by atoms with Gasteiger partial charge >= 0.3 is 4.87 Å². The second-order valence-electron chi connectivity index (χ2n) is 10.7. The summed E-state index contributed by atoms with van der Waals surface area (Å²) in [5.74, 6) is -1.16. The van der Waals surface area contributed by atoms with Gasteiger partial charge in [-0.2, -0.15) is 0 Å². The number of aromatic amines is 1. The fraction of sp³-hybridized carbons (Fsp3) is 0.414. The number of nitrogens with zero attached hydrogens (tertiary/aromatic N) is 2. The number of fused-ring (bicyclic) bond motifs is 9. The van der Waals surface area contributed by atoms with Crippen molar-refractivity contribution >= 4 is 46.3 Å². The minimum absolute atomic E-state index is 0.00433. The van der Waals surface area contributed by atoms with E-state index in [1.165, 1.54) is 46.2 Å². The van der Waals surface area contributed by atoms with Crippen LogP contribution in [-0.2, 0) is 9.59 Å². The average Bonchev–Trinajstić information content (AvgIpc) is 3.65. The predicted octanol–water partition coefficient (Wildman–Crippen LogP) is 5.10. The standard InChI is InChI=1S/C29H28FN3O3S2/c1-3-32(4-2)16-9-5-14(6-10-16)20-21-18-13-19(24(21)37-26-25(20)38-29(36)31-26)23-22(18)27(34)33(28(23)35)17-11-7-15(30)8-12-17/h5-12,18-24H,3-4,13H2,1-2H3,(H,31,36)/t18-,19+,20-,21+,22+,23+,24+/m0/s1. The van der Waals surface area contributed by atoms with Crippen molar-refractivity contribution in [3.63, 3.8) is 0 Å². The molecule has 6 nitrogen and oxygen atoms in total. The zero-order valence-electron chi connectivity index (χ0n) is 21.1. The third kappa shape index (κ3) is 3.33. The van der Waals surface area contributed by atoms with Gasteiger partial charge < -0.3 is 9.88 Å². The first-order valence-electron chi connectivity index (χ1n) is 13.3. The summed E-state index contributed by atoms with van der Waals surface area (Å²) in [7, 11) is 0. The molecule has 0 radical (unpaired) electrons. The van der Waals surface area contributed by atoms with Crippen LogP contribution >= 0.6 is 23.1 Å². The number of benzene rings is 2. The first kappa shape index (κ1) is 24.2. The van der Waals surface area contributed by atoms with Crippen LogP contribution in [0.25, 0.3) is 0 Å². The Hall–Kier alpha value is -2.91. The Labute approximate surface area is 228 Å². The number of hydrogen-bond acceptors (Lipinski definition) is 6. The van der Waals surface area contributed by atoms with Crippen molar-refractivity contribution in [2.24, 2.45) is 29.6 Å². The molecule has 0 spiro atoms. The molecule has 196 valence electrons. The van der Waals surface area contributed by atoms with Crippen molar-refractivity contribution in [2.75, 3.05) is 22.9 Å². The smallest absolute Gasteiger partial charge is 0.305 e. The number of rotatable bonds is 5. The SMILES string of the molecule is CCN(CC)c1ccc([C@@H]2c3sc(=O)[nH]c3S[C@@H]3[C@@H]4C[C@H]([C@H]5C(=O)N(c6ccc(F)cc6)C(=O)[C@H]45)[C@H]23)cc1. The number of thiazole rings is 1. The maximum absolute atomic E-state index is 13.8. The zero-order valence-corrected chi connectivity index (χ0v) is 22.7. The summed E-state index contributed by atoms with van der Waals surface area (Å²) in [6, 6.07) is 14.3. The van der Waals surface area contributed by atoms with Gasteiger partial charge in [-0.1, -0.05) is 23.5 Å². The third-order valence-electron chi connectivity index (χ3n) is 9.19. The second kappa shape index (κ2) is 8.81. The molecule has 0 unspecified atom stereocenters. The van der Waals surface area contributed by atoms with Gasteiger partial charge in [-0.05, 0) is 80.0 Å². The molecular formula is C29H28FN3O3S2. The lowest BCUT2D eigenvalue weighted by atomic mass is 9.68. The molecule has 1 saturated heterocycles. The number of anilines is 2. The number of thioether (sulfide) groups is 1. The number of halogens is 1. The molecule has 2 saturated carbocycles. The average molecular weight is 550 g/mol. The zero-order chi connectivity index (χ0) is 26.3. The summed E-state index contributed by atoms with van der Waals surface area (Å²) in [4.78, 5) is 47.5. The molecule has 9 heteroatoms. The van der Waals surface area contributed by atoms with E-state index < -0.39 is 5.82 Å². The van der Waals surface area contributed by atoms with E-state index in [1.807, 2.05) is 0 Å². The number of nitrogens with one attached hydrogen (secondary N) is 1. The Morgan fingerprint density at radius 3 is 2.26 bits per heavy atom. The number of hydrogen-bond donors (Lipinski definition) is 1. The summed E-state index contributed by atoms with van der Waals surface area (Å²) in [6.45, 7) is 6.14. The number of carbonyl (C=O) groups is 2. The number of H-pyrrole nitrogens is 1. The van der Waals surface area contributed by atoms with Crippen LogP contribution in [0.4, 0.5) is 15.8 Å². The molecule has 38 heavy (non-hydrogen) atoms. The second-order valence-corrected chi connectivity index (χ2v) is 12.9. The van der Waals surface area contributed by atoms with E-state index in [2.05, 4.69) is 48.0 Å². The Balaban J connectivity index is 1.28. The van der Waals surface area contributed by atoms with E-state index >= 15 is 0 Å². The lowest BCUT2D eigenvalue weighted by molar-refractivity contribution is -0.123. The van der Waals surface area contributed by atoms with Crippen LogP contribution < -0.4 is 14.7 Å². The Kier molecular flexibility index (Phi) is 5.60. The highest BCUT2D eigenvalue weighted by Crippen LogP contribution is 2.68. The molecule has 7 rings (SSSR count). The number of aromatic nitrogens is 1. The molecule has 2 aliphatic heterocycles. The quantitative estimate of drug-likeness (QED) is 0.449. The number of imide groups is 1. The van der Waals surface area contributed by atoms with Gasteiger partial charge in [0.15, 0.2) is 0 Å². The van der Waals surface area contributed by atoms with E-state index in [9.17, 15) is 18.8 Å². The molecule has 3 heterocycles. The van der Waals surface area contributed by atoms with Gasteiger partial charge in [-0.3, -0.25) is 19.3 Å². The van der Waals surface area contributed by atoms with Gasteiger partial charge in [0, 0.05) is 34.8 Å². The van der Waals surface area contributed by atoms with Crippen molar-refractivity contribution in [3.05, 3.63) is 74.5 Å². The van der Waals surface area contributed by atoms with Gasteiger partial charge in [-0.25, -0.2) is 4.39 Å². The molecule has 2 bridgehead atoms. The van der Waals surface area contributed by atoms with E-state index in [4.69, 9.17) is 0 Å². The summed E-state index contributed by atoms with van der Waals surface area (Å²) in [6.07, 6.45) is 0.847. The molecule has 2 aromatic carbocycles. The highest BCUT2D eigenvalue weighted by Gasteiger charge is 2.69. The summed E-state index contributed by atoms with van der Waals surface area (Å²) >= 11 is 2.97. The molecule has 2 amide bonds. The first-order chi connectivity index (χ1) is 18.4. The minimum atomic E-state index is -0.398. The van der Waals surface area contributed by atoms with E-state index in [0.717, 1.165) is 35.0 Å². The fourth-order valence-electron chi connectivity index (χ4n) is 7.72. The van der Waals surface area contributed by atoms with Gasteiger partial charge in [0.25, 0.3) is 0 Å². The fourth-order valence-corrected chi connectivity index (χ4v) is 10.6. The van der Waals surface area contributed by atoms with Crippen molar-refractivity contribution in [1.29, 1.82) is 0 Å². The molecule has 3 fully saturated rings. The largest absolute Gasteiger partial charge is 0.372 e. The van der Waals surface area contributed by atoms with Crippen molar-refractivity contribution in [2.45, 2.75) is 36.5 Å². The number of carbonyl (C=O) groups excluding carboxylic acids is 2. The van der Waals surface area contributed by atoms with Gasteiger partial charge in [0.1, 0.15) is 5.82 Å². The summed E-state index contributed by atoms with van der Waals surface area (Å²) in [5.41, 5.74) is 2.77. The highest BCUT2D eigenvalue weighted by molar-refractivity contribution is 8.00. The summed E-state index contributed by atoms with van der Waals surface area (Å²) in [5, 5.41) is 1.06. The van der Waals surface area contributed by atoms with Crippen molar-refractivity contribution in [3.8, 4) is 0 Å². The molecule has 1 aromatic heterocycles. The highest BCUT2D eigenvalue weighted by atomic mass is 32.2. The Bertz CT molecular complexity index is 1480. The monoisotopic (exact) mass is 549 g/mol. The topological polar surface area (TPSA) is 73.5 Å². The maximum atomic E-state index is 13.8. The van der Waals surface area contributed by atoms with Gasteiger partial charge in [0.2, 0.25) is 11.8 Å². The van der Waals surface area contributed by atoms with Crippen LogP contribution in [0, 0.1) is 35.4 Å².